The summed E-state index contributed by atoms with van der Waals surface area (Å²) >= 11 is 0. The third-order valence-electron chi connectivity index (χ3n) is 8.52. The van der Waals surface area contributed by atoms with E-state index in [9.17, 15) is 4.79 Å². The number of pyridine rings is 1. The van der Waals surface area contributed by atoms with E-state index in [4.69, 9.17) is 19.2 Å². The Hall–Kier alpha value is -5.36. The largest absolute Gasteiger partial charge is 0.487 e. The topological polar surface area (TPSA) is 62.6 Å². The highest BCUT2D eigenvalue weighted by molar-refractivity contribution is 5.97. The van der Waals surface area contributed by atoms with Crippen LogP contribution in [0.4, 0.5) is 0 Å². The molecule has 1 aliphatic heterocycles. The monoisotopic (exact) mass is 608 g/mol. The Morgan fingerprint density at radius 3 is 2.04 bits per heavy atom. The molecule has 1 aliphatic rings. The zero-order valence-electron chi connectivity index (χ0n) is 26.1. The molecule has 6 nitrogen and oxygen atoms in total. The van der Waals surface area contributed by atoms with Gasteiger partial charge in [0.05, 0.1) is 5.69 Å². The molecule has 0 fully saturated rings. The average Bonchev–Trinajstić information content (AvgIpc) is 3.62. The highest BCUT2D eigenvalue weighted by atomic mass is 16.5. The van der Waals surface area contributed by atoms with Gasteiger partial charge in [-0.2, -0.15) is 0 Å². The maximum absolute atomic E-state index is 13.9. The van der Waals surface area contributed by atoms with Gasteiger partial charge in [0.2, 0.25) is 5.88 Å². The standard InChI is InChI=1S/C40H36N2O4/c1-27-20-34-22-33-21-32(18-19-35(33)42(34)23-27)37-28(2)38(44-24-29-12-6-3-7-13-29)36(40(43)46-26-31-16-10-5-11-17-31)39(41-37)45-25-30-14-8-4-9-15-30/h3-19,21-22,27H,20,23-26H2,1-2H3. The highest BCUT2D eigenvalue weighted by Crippen LogP contribution is 2.40. The van der Waals surface area contributed by atoms with Gasteiger partial charge in [-0.3, -0.25) is 0 Å². The van der Waals surface area contributed by atoms with Gasteiger partial charge in [-0.15, -0.1) is 0 Å². The lowest BCUT2D eigenvalue weighted by atomic mass is 10.0. The summed E-state index contributed by atoms with van der Waals surface area (Å²) in [6, 6.07) is 38.1. The van der Waals surface area contributed by atoms with Crippen LogP contribution in [-0.2, 0) is 37.5 Å². The van der Waals surface area contributed by atoms with E-state index < -0.39 is 5.97 Å². The van der Waals surface area contributed by atoms with Gasteiger partial charge in [0.1, 0.15) is 25.6 Å². The van der Waals surface area contributed by atoms with Crippen molar-refractivity contribution in [2.45, 2.75) is 46.6 Å². The lowest BCUT2D eigenvalue weighted by Gasteiger charge is -2.20. The summed E-state index contributed by atoms with van der Waals surface area (Å²) in [5.74, 6) is 0.679. The lowest BCUT2D eigenvalue weighted by Crippen LogP contribution is -2.14. The van der Waals surface area contributed by atoms with Gasteiger partial charge < -0.3 is 18.8 Å². The molecule has 6 aromatic rings. The molecule has 6 heteroatoms. The van der Waals surface area contributed by atoms with Gasteiger partial charge in [0, 0.05) is 34.3 Å². The number of rotatable bonds is 10. The van der Waals surface area contributed by atoms with Crippen LogP contribution in [0.15, 0.2) is 115 Å². The maximum atomic E-state index is 13.9. The van der Waals surface area contributed by atoms with E-state index in [1.807, 2.05) is 97.9 Å². The molecule has 4 aromatic carbocycles. The molecule has 0 saturated heterocycles. The first-order valence-electron chi connectivity index (χ1n) is 15.7. The molecule has 0 amide bonds. The Morgan fingerprint density at radius 1 is 0.783 bits per heavy atom. The number of esters is 1. The molecule has 46 heavy (non-hydrogen) atoms. The normalized spacial score (nSPS) is 13.8. The first-order chi connectivity index (χ1) is 22.5. The zero-order valence-corrected chi connectivity index (χ0v) is 26.1. The van der Waals surface area contributed by atoms with Crippen LogP contribution in [0.25, 0.3) is 22.2 Å². The SMILES string of the molecule is Cc1c(-c2ccc3c(c2)cc2n3CC(C)C2)nc(OCc2ccccc2)c(C(=O)OCc2ccccc2)c1OCc1ccccc1. The average molecular weight is 609 g/mol. The number of carbonyl (C=O) groups is 1. The second-order valence-electron chi connectivity index (χ2n) is 12.0. The molecule has 0 radical (unpaired) electrons. The molecule has 0 N–H and O–H groups in total. The summed E-state index contributed by atoms with van der Waals surface area (Å²) in [6.45, 7) is 5.89. The predicted octanol–water partition coefficient (Wildman–Crippen LogP) is 8.72. The fourth-order valence-corrected chi connectivity index (χ4v) is 6.22. The molecule has 1 atom stereocenters. The molecule has 7 rings (SSSR count). The van der Waals surface area contributed by atoms with E-state index in [2.05, 4.69) is 35.8 Å². The molecule has 0 aliphatic carbocycles. The minimum Gasteiger partial charge on any atom is -0.487 e. The summed E-state index contributed by atoms with van der Waals surface area (Å²) in [5, 5.41) is 1.17. The van der Waals surface area contributed by atoms with Gasteiger partial charge >= 0.3 is 5.97 Å². The zero-order chi connectivity index (χ0) is 31.5. The van der Waals surface area contributed by atoms with Crippen molar-refractivity contribution in [3.8, 4) is 22.9 Å². The van der Waals surface area contributed by atoms with Crippen molar-refractivity contribution in [1.82, 2.24) is 9.55 Å². The van der Waals surface area contributed by atoms with Crippen molar-refractivity contribution < 1.29 is 19.0 Å². The lowest BCUT2D eigenvalue weighted by molar-refractivity contribution is 0.0460. The van der Waals surface area contributed by atoms with Crippen molar-refractivity contribution in [2.75, 3.05) is 0 Å². The predicted molar refractivity (Wildman–Crippen MR) is 180 cm³/mol. The fourth-order valence-electron chi connectivity index (χ4n) is 6.22. The number of hydrogen-bond acceptors (Lipinski definition) is 5. The van der Waals surface area contributed by atoms with Crippen molar-refractivity contribution in [2.24, 2.45) is 5.92 Å². The quantitative estimate of drug-likeness (QED) is 0.146. The number of carbonyl (C=O) groups excluding carboxylic acids is 1. The van der Waals surface area contributed by atoms with Crippen molar-refractivity contribution in [1.29, 1.82) is 0 Å². The number of hydrogen-bond donors (Lipinski definition) is 0. The number of aromatic nitrogens is 2. The first kappa shape index (κ1) is 29.4. The van der Waals surface area contributed by atoms with E-state index >= 15 is 0 Å². The second kappa shape index (κ2) is 12.9. The molecule has 3 heterocycles. The van der Waals surface area contributed by atoms with Crippen LogP contribution in [0.1, 0.15) is 45.2 Å². The van der Waals surface area contributed by atoms with E-state index in [0.717, 1.165) is 40.8 Å². The van der Waals surface area contributed by atoms with Crippen LogP contribution >= 0.6 is 0 Å². The van der Waals surface area contributed by atoms with E-state index in [1.165, 1.54) is 16.6 Å². The molecule has 1 unspecified atom stereocenters. The van der Waals surface area contributed by atoms with Crippen LogP contribution in [0, 0.1) is 12.8 Å². The molecule has 2 aromatic heterocycles. The Bertz CT molecular complexity index is 1990. The van der Waals surface area contributed by atoms with Gasteiger partial charge in [0.25, 0.3) is 0 Å². The molecule has 0 spiro atoms. The Labute approximate surface area is 269 Å². The molecular weight excluding hydrogens is 572 g/mol. The van der Waals surface area contributed by atoms with E-state index in [1.54, 1.807) is 0 Å². The summed E-state index contributed by atoms with van der Waals surface area (Å²) in [4.78, 5) is 19.0. The second-order valence-corrected chi connectivity index (χ2v) is 12.0. The third kappa shape index (κ3) is 6.11. The van der Waals surface area contributed by atoms with E-state index in [0.29, 0.717) is 17.4 Å². The maximum Gasteiger partial charge on any atom is 0.347 e. The van der Waals surface area contributed by atoms with E-state index in [-0.39, 0.29) is 31.3 Å². The van der Waals surface area contributed by atoms with Crippen LogP contribution < -0.4 is 9.47 Å². The fraction of sp³-hybridized carbons (Fsp3) is 0.200. The van der Waals surface area contributed by atoms with Crippen LogP contribution in [-0.4, -0.2) is 15.5 Å². The highest BCUT2D eigenvalue weighted by Gasteiger charge is 2.28. The van der Waals surface area contributed by atoms with Gasteiger partial charge in [-0.05, 0) is 54.2 Å². The Morgan fingerprint density at radius 2 is 1.39 bits per heavy atom. The molecule has 0 bridgehead atoms. The first-order valence-corrected chi connectivity index (χ1v) is 15.7. The number of ether oxygens (including phenoxy) is 3. The molecular formula is C40H36N2O4. The van der Waals surface area contributed by atoms with Crippen LogP contribution in [0.3, 0.4) is 0 Å². The van der Waals surface area contributed by atoms with Crippen molar-refractivity contribution in [3.05, 3.63) is 149 Å². The summed E-state index contributed by atoms with van der Waals surface area (Å²) < 4.78 is 21.1. The molecule has 0 saturated carbocycles. The number of nitrogens with zero attached hydrogens (tertiary/aromatic N) is 2. The van der Waals surface area contributed by atoms with Gasteiger partial charge in [-0.1, -0.05) is 104 Å². The Balaban J connectivity index is 1.32. The van der Waals surface area contributed by atoms with Crippen molar-refractivity contribution in [3.63, 3.8) is 0 Å². The van der Waals surface area contributed by atoms with Gasteiger partial charge in [-0.25, -0.2) is 9.78 Å². The molecule has 230 valence electrons. The summed E-state index contributed by atoms with van der Waals surface area (Å²) in [7, 11) is 0. The van der Waals surface area contributed by atoms with Crippen LogP contribution in [0.5, 0.6) is 11.6 Å². The van der Waals surface area contributed by atoms with Gasteiger partial charge in [0.15, 0.2) is 5.56 Å². The minimum absolute atomic E-state index is 0.116. The Kier molecular flexibility index (Phi) is 8.26. The van der Waals surface area contributed by atoms with Crippen LogP contribution in [0.2, 0.25) is 0 Å². The summed E-state index contributed by atoms with van der Waals surface area (Å²) in [6.07, 6.45) is 1.08. The number of benzene rings is 4. The minimum atomic E-state index is -0.550. The smallest absolute Gasteiger partial charge is 0.347 e. The number of fused-ring (bicyclic) bond motifs is 3. The third-order valence-corrected chi connectivity index (χ3v) is 8.52. The van der Waals surface area contributed by atoms with Crippen molar-refractivity contribution >= 4 is 16.9 Å². The summed E-state index contributed by atoms with van der Waals surface area (Å²) in [5.41, 5.74) is 7.97.